The van der Waals surface area contributed by atoms with Crippen LogP contribution in [-0.4, -0.2) is 11.5 Å². The van der Waals surface area contributed by atoms with Crippen LogP contribution in [0.4, 0.5) is 0 Å². The highest BCUT2D eigenvalue weighted by Crippen LogP contribution is 2.12. The molecule has 1 aromatic rings. The SMILES string of the molecule is CCOc1ccc(C=C[N+](=O)[O-])cc1. The number of hydrogen-bond donors (Lipinski definition) is 0. The monoisotopic (exact) mass is 193 g/mol. The number of nitro groups is 1. The predicted octanol–water partition coefficient (Wildman–Crippen LogP) is 2.33. The number of rotatable bonds is 4. The second-order valence-corrected chi connectivity index (χ2v) is 2.60. The van der Waals surface area contributed by atoms with Gasteiger partial charge in [0.2, 0.25) is 6.20 Å². The number of hydrogen-bond acceptors (Lipinski definition) is 3. The van der Waals surface area contributed by atoms with Gasteiger partial charge in [-0.15, -0.1) is 0 Å². The van der Waals surface area contributed by atoms with Crippen LogP contribution in [0.1, 0.15) is 12.5 Å². The molecule has 14 heavy (non-hydrogen) atoms. The van der Waals surface area contributed by atoms with E-state index in [1.54, 1.807) is 24.3 Å². The van der Waals surface area contributed by atoms with Gasteiger partial charge in [0.1, 0.15) is 5.75 Å². The largest absolute Gasteiger partial charge is 0.494 e. The lowest BCUT2D eigenvalue weighted by atomic mass is 10.2. The van der Waals surface area contributed by atoms with Gasteiger partial charge in [0.05, 0.1) is 11.5 Å². The van der Waals surface area contributed by atoms with Crippen LogP contribution in [0.25, 0.3) is 6.08 Å². The van der Waals surface area contributed by atoms with Crippen molar-refractivity contribution in [2.75, 3.05) is 6.61 Å². The minimum absolute atomic E-state index is 0.490. The Balaban J connectivity index is 2.68. The van der Waals surface area contributed by atoms with Gasteiger partial charge in [0, 0.05) is 6.08 Å². The van der Waals surface area contributed by atoms with Crippen molar-refractivity contribution < 1.29 is 9.66 Å². The van der Waals surface area contributed by atoms with E-state index in [4.69, 9.17) is 4.74 Å². The molecule has 0 atom stereocenters. The molecule has 0 aliphatic carbocycles. The fourth-order valence-electron chi connectivity index (χ4n) is 0.989. The molecule has 74 valence electrons. The summed E-state index contributed by atoms with van der Waals surface area (Å²) in [5.41, 5.74) is 0.783. The summed E-state index contributed by atoms with van der Waals surface area (Å²) in [7, 11) is 0. The highest BCUT2D eigenvalue weighted by molar-refractivity contribution is 5.49. The van der Waals surface area contributed by atoms with Crippen LogP contribution >= 0.6 is 0 Å². The van der Waals surface area contributed by atoms with E-state index in [-0.39, 0.29) is 0 Å². The van der Waals surface area contributed by atoms with Crippen LogP contribution in [0.2, 0.25) is 0 Å². The molecule has 0 aliphatic rings. The number of ether oxygens (including phenoxy) is 1. The Morgan fingerprint density at radius 2 is 2.07 bits per heavy atom. The maximum atomic E-state index is 10.0. The van der Waals surface area contributed by atoms with Gasteiger partial charge in [0.25, 0.3) is 0 Å². The summed E-state index contributed by atoms with van der Waals surface area (Å²) in [5, 5.41) is 10.0. The van der Waals surface area contributed by atoms with Crippen LogP contribution < -0.4 is 4.74 Å². The summed E-state index contributed by atoms with van der Waals surface area (Å²) < 4.78 is 5.23. The Kier molecular flexibility index (Phi) is 3.67. The summed E-state index contributed by atoms with van der Waals surface area (Å²) in [5.74, 6) is 0.769. The van der Waals surface area contributed by atoms with Crippen LogP contribution in [0.5, 0.6) is 5.75 Å². The normalized spacial score (nSPS) is 10.4. The maximum Gasteiger partial charge on any atom is 0.235 e. The van der Waals surface area contributed by atoms with Gasteiger partial charge < -0.3 is 4.74 Å². The van der Waals surface area contributed by atoms with Gasteiger partial charge in [-0.25, -0.2) is 0 Å². The van der Waals surface area contributed by atoms with Crippen LogP contribution in [0, 0.1) is 10.1 Å². The number of nitrogens with zero attached hydrogens (tertiary/aromatic N) is 1. The van der Waals surface area contributed by atoms with E-state index in [1.165, 1.54) is 6.08 Å². The zero-order valence-electron chi connectivity index (χ0n) is 7.84. The minimum Gasteiger partial charge on any atom is -0.494 e. The van der Waals surface area contributed by atoms with Crippen molar-refractivity contribution in [1.29, 1.82) is 0 Å². The minimum atomic E-state index is -0.490. The molecule has 1 aromatic carbocycles. The molecule has 0 unspecified atom stereocenters. The fourth-order valence-corrected chi connectivity index (χ4v) is 0.989. The van der Waals surface area contributed by atoms with Gasteiger partial charge in [-0.3, -0.25) is 10.1 Å². The molecule has 4 heteroatoms. The first-order chi connectivity index (χ1) is 6.72. The van der Waals surface area contributed by atoms with E-state index >= 15 is 0 Å². The molecular formula is C10H11NO3. The Morgan fingerprint density at radius 3 is 2.57 bits per heavy atom. The van der Waals surface area contributed by atoms with Gasteiger partial charge in [-0.2, -0.15) is 0 Å². The Hall–Kier alpha value is -1.84. The highest BCUT2D eigenvalue weighted by Gasteiger charge is 1.92. The van der Waals surface area contributed by atoms with Crippen LogP contribution in [-0.2, 0) is 0 Å². The molecule has 0 fully saturated rings. The maximum absolute atomic E-state index is 10.0. The van der Waals surface area contributed by atoms with Crippen molar-refractivity contribution in [3.05, 3.63) is 46.1 Å². The standard InChI is InChI=1S/C10H11NO3/c1-2-14-10-5-3-9(4-6-10)7-8-11(12)13/h3-8H,2H2,1H3. The molecule has 0 amide bonds. The molecule has 4 nitrogen and oxygen atoms in total. The topological polar surface area (TPSA) is 52.4 Å². The molecular weight excluding hydrogens is 182 g/mol. The molecule has 0 radical (unpaired) electrons. The molecule has 0 saturated carbocycles. The molecule has 0 bridgehead atoms. The highest BCUT2D eigenvalue weighted by atomic mass is 16.6. The summed E-state index contributed by atoms with van der Waals surface area (Å²) in [6, 6.07) is 7.10. The van der Waals surface area contributed by atoms with Gasteiger partial charge in [-0.05, 0) is 24.6 Å². The molecule has 0 N–H and O–H groups in total. The van der Waals surface area contributed by atoms with Crippen LogP contribution in [0.15, 0.2) is 30.5 Å². The van der Waals surface area contributed by atoms with E-state index in [0.717, 1.165) is 17.5 Å². The zero-order chi connectivity index (χ0) is 10.4. The van der Waals surface area contributed by atoms with Crippen molar-refractivity contribution in [3.63, 3.8) is 0 Å². The number of benzene rings is 1. The lowest BCUT2D eigenvalue weighted by molar-refractivity contribution is -0.400. The molecule has 0 saturated heterocycles. The van der Waals surface area contributed by atoms with Crippen LogP contribution in [0.3, 0.4) is 0 Å². The molecule has 1 rings (SSSR count). The third-order valence-corrected chi connectivity index (χ3v) is 1.58. The summed E-state index contributed by atoms with van der Waals surface area (Å²) >= 11 is 0. The quantitative estimate of drug-likeness (QED) is 0.544. The zero-order valence-corrected chi connectivity index (χ0v) is 7.84. The van der Waals surface area contributed by atoms with Gasteiger partial charge in [-0.1, -0.05) is 12.1 Å². The van der Waals surface area contributed by atoms with Gasteiger partial charge in [0.15, 0.2) is 0 Å². The second kappa shape index (κ2) is 5.01. The Bertz CT molecular complexity index is 330. The van der Waals surface area contributed by atoms with Crippen molar-refractivity contribution >= 4 is 6.08 Å². The van der Waals surface area contributed by atoms with Crippen molar-refractivity contribution in [1.82, 2.24) is 0 Å². The molecule has 0 aromatic heterocycles. The molecule has 0 aliphatic heterocycles. The van der Waals surface area contributed by atoms with Crippen molar-refractivity contribution in [2.45, 2.75) is 6.92 Å². The second-order valence-electron chi connectivity index (χ2n) is 2.60. The molecule has 0 spiro atoms. The first-order valence-electron chi connectivity index (χ1n) is 4.27. The third-order valence-electron chi connectivity index (χ3n) is 1.58. The average molecular weight is 193 g/mol. The fraction of sp³-hybridized carbons (Fsp3) is 0.200. The predicted molar refractivity (Wildman–Crippen MR) is 53.6 cm³/mol. The third kappa shape index (κ3) is 3.26. The van der Waals surface area contributed by atoms with Crippen molar-refractivity contribution in [2.24, 2.45) is 0 Å². The van der Waals surface area contributed by atoms with E-state index in [9.17, 15) is 10.1 Å². The Labute approximate surface area is 82.0 Å². The average Bonchev–Trinajstić information content (AvgIpc) is 2.17. The Morgan fingerprint density at radius 1 is 1.43 bits per heavy atom. The van der Waals surface area contributed by atoms with E-state index in [0.29, 0.717) is 6.61 Å². The van der Waals surface area contributed by atoms with E-state index in [1.807, 2.05) is 6.92 Å². The summed E-state index contributed by atoms with van der Waals surface area (Å²) in [6.45, 7) is 2.52. The smallest absolute Gasteiger partial charge is 0.235 e. The molecule has 0 heterocycles. The first kappa shape index (κ1) is 10.2. The summed E-state index contributed by atoms with van der Waals surface area (Å²) in [4.78, 5) is 9.55. The van der Waals surface area contributed by atoms with Gasteiger partial charge >= 0.3 is 0 Å². The van der Waals surface area contributed by atoms with E-state index in [2.05, 4.69) is 0 Å². The lowest BCUT2D eigenvalue weighted by Crippen LogP contribution is -1.90. The summed E-state index contributed by atoms with van der Waals surface area (Å²) in [6.07, 6.45) is 2.35. The first-order valence-corrected chi connectivity index (χ1v) is 4.27. The lowest BCUT2D eigenvalue weighted by Gasteiger charge is -2.01. The van der Waals surface area contributed by atoms with E-state index < -0.39 is 4.92 Å². The van der Waals surface area contributed by atoms with Crippen molar-refractivity contribution in [3.8, 4) is 5.75 Å².